The Morgan fingerprint density at radius 2 is 1.35 bits per heavy atom. The molecule has 264 valence electrons. The van der Waals surface area contributed by atoms with Crippen molar-refractivity contribution in [3.8, 4) is 11.1 Å². The molecule has 5 aromatic carbocycles. The van der Waals surface area contributed by atoms with Gasteiger partial charge in [-0.05, 0) is 98.8 Å². The predicted octanol–water partition coefficient (Wildman–Crippen LogP) is 11.6. The summed E-state index contributed by atoms with van der Waals surface area (Å²) in [6.45, 7) is 13.8. The lowest BCUT2D eigenvalue weighted by Crippen LogP contribution is -2.60. The molecule has 0 unspecified atom stereocenters. The minimum absolute atomic E-state index is 0.0211. The lowest BCUT2D eigenvalue weighted by molar-refractivity contribution is 0.590. The fourth-order valence-corrected chi connectivity index (χ4v) is 10.2. The molecular weight excluding hydrogens is 673 g/mol. The maximum absolute atomic E-state index is 5.08. The molecule has 3 aliphatic rings. The number of anilines is 6. The van der Waals surface area contributed by atoms with Gasteiger partial charge in [0, 0.05) is 37.5 Å². The van der Waals surface area contributed by atoms with E-state index in [1.807, 2.05) is 11.3 Å². The van der Waals surface area contributed by atoms with Crippen LogP contribution in [-0.2, 0) is 17.3 Å². The molecule has 0 radical (unpaired) electrons. The van der Waals surface area contributed by atoms with Gasteiger partial charge in [-0.3, -0.25) is 4.98 Å². The van der Waals surface area contributed by atoms with Crippen LogP contribution in [0.5, 0.6) is 0 Å². The standard InChI is InChI=1S/C49H44BN3S/c1-48(2,3)34-22-19-31(20-23-34)33-14-12-17-37(27-33)53-42-30-51-29-41-44(42)50(47-46(53)39-28-35(49(4,5)6)24-26-43(39)54-47)40-25-21-32-13-10-11-18-38(32)45(40)52(41)36-15-8-7-9-16-36/h7-9,11-12,14-30H,10,13H2,1-6H3. The van der Waals surface area contributed by atoms with Gasteiger partial charge >= 0.3 is 0 Å². The third kappa shape index (κ3) is 5.12. The van der Waals surface area contributed by atoms with Crippen LogP contribution in [0.15, 0.2) is 128 Å². The topological polar surface area (TPSA) is 19.4 Å². The number of para-hydroxylation sites is 1. The van der Waals surface area contributed by atoms with Crippen molar-refractivity contribution < 1.29 is 0 Å². The van der Waals surface area contributed by atoms with Gasteiger partial charge in [0.05, 0.1) is 29.5 Å². The van der Waals surface area contributed by atoms with Crippen molar-refractivity contribution in [1.29, 1.82) is 0 Å². The Balaban J connectivity index is 1.26. The summed E-state index contributed by atoms with van der Waals surface area (Å²) in [6, 6.07) is 41.1. The third-order valence-electron chi connectivity index (χ3n) is 11.7. The second kappa shape index (κ2) is 12.1. The molecule has 1 aliphatic carbocycles. The number of nitrogens with zero attached hydrogens (tertiary/aromatic N) is 3. The quantitative estimate of drug-likeness (QED) is 0.170. The minimum Gasteiger partial charge on any atom is -0.309 e. The average molecular weight is 718 g/mol. The molecular formula is C49H44BN3S. The Kier molecular flexibility index (Phi) is 7.42. The maximum atomic E-state index is 5.08. The molecule has 3 nitrogen and oxygen atoms in total. The maximum Gasteiger partial charge on any atom is 0.264 e. The first-order valence-electron chi connectivity index (χ1n) is 19.3. The van der Waals surface area contributed by atoms with Crippen LogP contribution in [0.25, 0.3) is 27.3 Å². The number of allylic oxidation sites excluding steroid dienone is 1. The molecule has 4 heterocycles. The summed E-state index contributed by atoms with van der Waals surface area (Å²) in [5, 5.41) is 1.31. The first-order chi connectivity index (χ1) is 26.1. The van der Waals surface area contributed by atoms with Crippen LogP contribution in [0, 0.1) is 0 Å². The molecule has 54 heavy (non-hydrogen) atoms. The molecule has 5 heteroatoms. The highest BCUT2D eigenvalue weighted by Gasteiger charge is 2.46. The Bertz CT molecular complexity index is 2640. The lowest BCUT2D eigenvalue weighted by atomic mass is 9.36. The summed E-state index contributed by atoms with van der Waals surface area (Å²) in [5.41, 5.74) is 17.9. The largest absolute Gasteiger partial charge is 0.309 e. The molecule has 0 N–H and O–H groups in total. The van der Waals surface area contributed by atoms with Gasteiger partial charge in [0.2, 0.25) is 0 Å². The molecule has 7 aromatic rings. The molecule has 0 amide bonds. The van der Waals surface area contributed by atoms with Crippen LogP contribution in [0.4, 0.5) is 34.1 Å². The monoisotopic (exact) mass is 717 g/mol. The van der Waals surface area contributed by atoms with Crippen LogP contribution >= 0.6 is 11.3 Å². The van der Waals surface area contributed by atoms with E-state index in [2.05, 4.69) is 185 Å². The van der Waals surface area contributed by atoms with Crippen LogP contribution in [0.2, 0.25) is 0 Å². The van der Waals surface area contributed by atoms with Gasteiger partial charge in [0.25, 0.3) is 6.71 Å². The molecule has 0 fully saturated rings. The van der Waals surface area contributed by atoms with E-state index in [0.29, 0.717) is 0 Å². The Morgan fingerprint density at radius 3 is 2.09 bits per heavy atom. The Hall–Kier alpha value is -5.39. The number of aromatic nitrogens is 1. The average Bonchev–Trinajstić information content (AvgIpc) is 3.56. The van der Waals surface area contributed by atoms with Crippen LogP contribution in [-0.4, -0.2) is 11.7 Å². The molecule has 2 aromatic heterocycles. The van der Waals surface area contributed by atoms with Crippen molar-refractivity contribution in [3.05, 3.63) is 150 Å². The second-order valence-corrected chi connectivity index (χ2v) is 18.3. The SMILES string of the molecule is CC(C)(C)c1ccc(-c2cccc(N3c4cncc5c4B(c4ccc6c(c4N5c4ccccc4)C=CCC6)c4sc5ccc(C(C)(C)C)cc5c43)c2)cc1. The summed E-state index contributed by atoms with van der Waals surface area (Å²) < 4.78 is 2.71. The lowest BCUT2D eigenvalue weighted by Gasteiger charge is -2.43. The van der Waals surface area contributed by atoms with Crippen LogP contribution < -0.4 is 25.5 Å². The molecule has 0 saturated heterocycles. The van der Waals surface area contributed by atoms with Crippen molar-refractivity contribution in [1.82, 2.24) is 4.98 Å². The van der Waals surface area contributed by atoms with E-state index in [9.17, 15) is 0 Å². The first-order valence-corrected chi connectivity index (χ1v) is 20.1. The normalized spacial score (nSPS) is 14.5. The van der Waals surface area contributed by atoms with Gasteiger partial charge in [-0.25, -0.2) is 0 Å². The van der Waals surface area contributed by atoms with Gasteiger partial charge in [-0.1, -0.05) is 126 Å². The summed E-state index contributed by atoms with van der Waals surface area (Å²) in [6.07, 6.45) is 11.1. The van der Waals surface area contributed by atoms with Gasteiger partial charge in [0.15, 0.2) is 0 Å². The number of rotatable bonds is 3. The zero-order valence-electron chi connectivity index (χ0n) is 31.9. The van der Waals surface area contributed by atoms with Crippen molar-refractivity contribution >= 4 is 84.0 Å². The van der Waals surface area contributed by atoms with E-state index in [0.717, 1.165) is 35.6 Å². The Morgan fingerprint density at radius 1 is 0.648 bits per heavy atom. The molecule has 0 spiro atoms. The van der Waals surface area contributed by atoms with E-state index in [1.54, 1.807) is 0 Å². The number of aryl methyl sites for hydroxylation is 1. The second-order valence-electron chi connectivity index (χ2n) is 17.2. The number of hydrogen-bond acceptors (Lipinski definition) is 4. The van der Waals surface area contributed by atoms with Gasteiger partial charge < -0.3 is 9.80 Å². The van der Waals surface area contributed by atoms with Gasteiger partial charge in [-0.2, -0.15) is 0 Å². The highest BCUT2D eigenvalue weighted by atomic mass is 32.1. The van der Waals surface area contributed by atoms with E-state index in [-0.39, 0.29) is 17.5 Å². The van der Waals surface area contributed by atoms with E-state index in [1.165, 1.54) is 70.5 Å². The minimum atomic E-state index is 0.0211. The van der Waals surface area contributed by atoms with Crippen molar-refractivity contribution in [2.45, 2.75) is 65.2 Å². The fourth-order valence-electron chi connectivity index (χ4n) is 8.86. The number of thiophene rings is 1. The zero-order chi connectivity index (χ0) is 36.9. The van der Waals surface area contributed by atoms with Crippen molar-refractivity contribution in [2.75, 3.05) is 9.80 Å². The Labute approximate surface area is 323 Å². The van der Waals surface area contributed by atoms with Crippen LogP contribution in [0.1, 0.15) is 70.2 Å². The molecule has 0 saturated carbocycles. The number of hydrogen-bond donors (Lipinski definition) is 0. The molecule has 0 bridgehead atoms. The number of benzene rings is 5. The van der Waals surface area contributed by atoms with Crippen LogP contribution in [0.3, 0.4) is 0 Å². The fraction of sp³-hybridized carbons (Fsp3) is 0.204. The van der Waals surface area contributed by atoms with Gasteiger partial charge in [0.1, 0.15) is 0 Å². The number of fused-ring (bicyclic) bond motifs is 8. The summed E-state index contributed by atoms with van der Waals surface area (Å²) in [5.74, 6) is 0. The third-order valence-corrected chi connectivity index (χ3v) is 12.9. The zero-order valence-corrected chi connectivity index (χ0v) is 32.8. The molecule has 0 atom stereocenters. The highest BCUT2D eigenvalue weighted by Crippen LogP contribution is 2.49. The molecule has 2 aliphatic heterocycles. The predicted molar refractivity (Wildman–Crippen MR) is 234 cm³/mol. The summed E-state index contributed by atoms with van der Waals surface area (Å²) in [4.78, 5) is 10.1. The van der Waals surface area contributed by atoms with Crippen molar-refractivity contribution in [3.63, 3.8) is 0 Å². The van der Waals surface area contributed by atoms with Crippen molar-refractivity contribution in [2.24, 2.45) is 0 Å². The first kappa shape index (κ1) is 33.2. The van der Waals surface area contributed by atoms with E-state index in [4.69, 9.17) is 4.98 Å². The van der Waals surface area contributed by atoms with E-state index < -0.39 is 0 Å². The smallest absolute Gasteiger partial charge is 0.264 e. The van der Waals surface area contributed by atoms with E-state index >= 15 is 0 Å². The summed E-state index contributed by atoms with van der Waals surface area (Å²) >= 11 is 1.96. The summed E-state index contributed by atoms with van der Waals surface area (Å²) in [7, 11) is 0. The van der Waals surface area contributed by atoms with Gasteiger partial charge in [-0.15, -0.1) is 11.3 Å². The highest BCUT2D eigenvalue weighted by molar-refractivity contribution is 7.33. The molecule has 10 rings (SSSR count). The number of pyridine rings is 1.